The van der Waals surface area contributed by atoms with Crippen molar-refractivity contribution in [3.63, 3.8) is 0 Å². The second kappa shape index (κ2) is 7.60. The van der Waals surface area contributed by atoms with Gasteiger partial charge in [-0.3, -0.25) is 0 Å². The lowest BCUT2D eigenvalue weighted by Gasteiger charge is -2.20. The van der Waals surface area contributed by atoms with Crippen molar-refractivity contribution >= 4 is 17.5 Å². The fourth-order valence-electron chi connectivity index (χ4n) is 2.36. The topological polar surface area (TPSA) is 71.1 Å². The number of rotatable bonds is 5. The van der Waals surface area contributed by atoms with E-state index in [1.54, 1.807) is 45.0 Å². The van der Waals surface area contributed by atoms with Crippen molar-refractivity contribution in [3.8, 4) is 0 Å². The molecule has 0 saturated carbocycles. The standard InChI is InChI=1S/C20H26O6/c1-13(17(21)26-19(2,3)4)14-7-9-15(10-8-14)18(22)23-11-16-12-24-20(5,6)25-16/h7-10,16H,1,11-12H2,2-6H3. The number of hydrogen-bond acceptors (Lipinski definition) is 6. The Morgan fingerprint density at radius 2 is 1.77 bits per heavy atom. The second-order valence-electron chi connectivity index (χ2n) is 7.61. The van der Waals surface area contributed by atoms with E-state index < -0.39 is 23.3 Å². The van der Waals surface area contributed by atoms with Crippen LogP contribution in [0.2, 0.25) is 0 Å². The van der Waals surface area contributed by atoms with Crippen LogP contribution in [0, 0.1) is 0 Å². The van der Waals surface area contributed by atoms with Crippen LogP contribution in [0.1, 0.15) is 50.5 Å². The number of ether oxygens (including phenoxy) is 4. The van der Waals surface area contributed by atoms with Crippen LogP contribution in [-0.4, -0.2) is 42.6 Å². The number of carbonyl (C=O) groups is 2. The summed E-state index contributed by atoms with van der Waals surface area (Å²) in [6, 6.07) is 6.45. The number of carbonyl (C=O) groups excluding carboxylic acids is 2. The van der Waals surface area contributed by atoms with E-state index in [1.165, 1.54) is 0 Å². The largest absolute Gasteiger partial charge is 0.459 e. The Morgan fingerprint density at radius 1 is 1.19 bits per heavy atom. The van der Waals surface area contributed by atoms with Crippen LogP contribution in [0.25, 0.3) is 5.57 Å². The number of benzene rings is 1. The van der Waals surface area contributed by atoms with Crippen LogP contribution in [0.3, 0.4) is 0 Å². The van der Waals surface area contributed by atoms with Crippen LogP contribution >= 0.6 is 0 Å². The van der Waals surface area contributed by atoms with E-state index in [1.807, 2.05) is 13.8 Å². The van der Waals surface area contributed by atoms with Crippen molar-refractivity contribution in [2.45, 2.75) is 52.1 Å². The lowest BCUT2D eigenvalue weighted by molar-refractivity contribution is -0.147. The summed E-state index contributed by atoms with van der Waals surface area (Å²) in [5.41, 5.74) is 0.609. The van der Waals surface area contributed by atoms with E-state index in [-0.39, 0.29) is 18.3 Å². The van der Waals surface area contributed by atoms with Gasteiger partial charge in [-0.15, -0.1) is 0 Å². The Morgan fingerprint density at radius 3 is 2.27 bits per heavy atom. The lowest BCUT2D eigenvalue weighted by atomic mass is 10.1. The molecular weight excluding hydrogens is 336 g/mol. The van der Waals surface area contributed by atoms with Gasteiger partial charge in [-0.1, -0.05) is 18.7 Å². The molecule has 0 amide bonds. The molecule has 0 spiro atoms. The number of esters is 2. The van der Waals surface area contributed by atoms with Gasteiger partial charge >= 0.3 is 11.9 Å². The van der Waals surface area contributed by atoms with Crippen molar-refractivity contribution in [2.24, 2.45) is 0 Å². The van der Waals surface area contributed by atoms with Gasteiger partial charge in [-0.05, 0) is 52.3 Å². The summed E-state index contributed by atoms with van der Waals surface area (Å²) < 4.78 is 21.6. The van der Waals surface area contributed by atoms with Gasteiger partial charge in [0.15, 0.2) is 5.79 Å². The minimum absolute atomic E-state index is 0.120. The molecule has 142 valence electrons. The van der Waals surface area contributed by atoms with Crippen LogP contribution in [0.5, 0.6) is 0 Å². The molecule has 1 aromatic carbocycles. The average molecular weight is 362 g/mol. The predicted molar refractivity (Wildman–Crippen MR) is 96.5 cm³/mol. The van der Waals surface area contributed by atoms with E-state index in [4.69, 9.17) is 18.9 Å². The van der Waals surface area contributed by atoms with E-state index in [2.05, 4.69) is 6.58 Å². The maximum atomic E-state index is 12.1. The van der Waals surface area contributed by atoms with Crippen molar-refractivity contribution in [3.05, 3.63) is 42.0 Å². The summed E-state index contributed by atoms with van der Waals surface area (Å²) in [6.07, 6.45) is -0.278. The van der Waals surface area contributed by atoms with Crippen LogP contribution < -0.4 is 0 Å². The molecule has 2 rings (SSSR count). The second-order valence-corrected chi connectivity index (χ2v) is 7.61. The zero-order valence-corrected chi connectivity index (χ0v) is 16.0. The Bertz CT molecular complexity index is 681. The van der Waals surface area contributed by atoms with E-state index >= 15 is 0 Å². The van der Waals surface area contributed by atoms with E-state index in [0.29, 0.717) is 17.7 Å². The first-order chi connectivity index (χ1) is 12.0. The average Bonchev–Trinajstić information content (AvgIpc) is 2.89. The molecule has 1 fully saturated rings. The molecule has 0 aliphatic carbocycles. The minimum atomic E-state index is -0.652. The third kappa shape index (κ3) is 5.68. The van der Waals surface area contributed by atoms with Crippen LogP contribution in [0.4, 0.5) is 0 Å². The van der Waals surface area contributed by atoms with E-state index in [9.17, 15) is 9.59 Å². The molecule has 1 heterocycles. The Labute approximate surface area is 154 Å². The highest BCUT2D eigenvalue weighted by Gasteiger charge is 2.33. The zero-order chi connectivity index (χ0) is 19.5. The van der Waals surface area contributed by atoms with Gasteiger partial charge in [0.05, 0.1) is 17.7 Å². The molecule has 0 N–H and O–H groups in total. The lowest BCUT2D eigenvalue weighted by Crippen LogP contribution is -2.25. The predicted octanol–water partition coefficient (Wildman–Crippen LogP) is 3.35. The normalized spacial score (nSPS) is 19.0. The molecule has 1 saturated heterocycles. The fraction of sp³-hybridized carbons (Fsp3) is 0.500. The first-order valence-electron chi connectivity index (χ1n) is 8.48. The van der Waals surface area contributed by atoms with E-state index in [0.717, 1.165) is 0 Å². The summed E-state index contributed by atoms with van der Waals surface area (Å²) in [5.74, 6) is -1.61. The monoisotopic (exact) mass is 362 g/mol. The van der Waals surface area contributed by atoms with Gasteiger partial charge in [-0.2, -0.15) is 0 Å². The maximum absolute atomic E-state index is 12.1. The zero-order valence-electron chi connectivity index (χ0n) is 16.0. The third-order valence-corrected chi connectivity index (χ3v) is 3.58. The molecule has 1 unspecified atom stereocenters. The summed E-state index contributed by atoms with van der Waals surface area (Å²) in [4.78, 5) is 24.2. The first-order valence-corrected chi connectivity index (χ1v) is 8.48. The minimum Gasteiger partial charge on any atom is -0.459 e. The molecule has 0 radical (unpaired) electrons. The molecule has 26 heavy (non-hydrogen) atoms. The molecular formula is C20H26O6. The van der Waals surface area contributed by atoms with Gasteiger partial charge in [0, 0.05) is 0 Å². The number of hydrogen-bond donors (Lipinski definition) is 0. The Kier molecular flexibility index (Phi) is 5.88. The van der Waals surface area contributed by atoms with Crippen molar-refractivity contribution in [1.29, 1.82) is 0 Å². The molecule has 0 bridgehead atoms. The van der Waals surface area contributed by atoms with Gasteiger partial charge in [0.1, 0.15) is 18.3 Å². The molecule has 6 heteroatoms. The van der Waals surface area contributed by atoms with Crippen molar-refractivity contribution < 1.29 is 28.5 Å². The molecule has 1 aliphatic rings. The molecule has 1 aliphatic heterocycles. The highest BCUT2D eigenvalue weighted by Crippen LogP contribution is 2.23. The van der Waals surface area contributed by atoms with Crippen LogP contribution in [-0.2, 0) is 23.7 Å². The quantitative estimate of drug-likeness (QED) is 0.591. The summed E-state index contributed by atoms with van der Waals surface area (Å²) in [6.45, 7) is 13.3. The van der Waals surface area contributed by atoms with Gasteiger partial charge in [0.25, 0.3) is 0 Å². The first kappa shape index (κ1) is 20.1. The smallest absolute Gasteiger partial charge is 0.338 e. The van der Waals surface area contributed by atoms with Gasteiger partial charge in [-0.25, -0.2) is 9.59 Å². The third-order valence-electron chi connectivity index (χ3n) is 3.58. The maximum Gasteiger partial charge on any atom is 0.338 e. The molecule has 0 aromatic heterocycles. The SMILES string of the molecule is C=C(C(=O)OC(C)(C)C)c1ccc(C(=O)OCC2COC(C)(C)O2)cc1. The Balaban J connectivity index is 1.91. The van der Waals surface area contributed by atoms with Crippen molar-refractivity contribution in [1.82, 2.24) is 0 Å². The molecule has 1 aromatic rings. The summed E-state index contributed by atoms with van der Waals surface area (Å²) in [5, 5.41) is 0. The molecule has 1 atom stereocenters. The van der Waals surface area contributed by atoms with Gasteiger partial charge < -0.3 is 18.9 Å². The molecule has 6 nitrogen and oxygen atoms in total. The van der Waals surface area contributed by atoms with Crippen molar-refractivity contribution in [2.75, 3.05) is 13.2 Å². The summed E-state index contributed by atoms with van der Waals surface area (Å²) >= 11 is 0. The highest BCUT2D eigenvalue weighted by molar-refractivity contribution is 6.15. The van der Waals surface area contributed by atoms with Gasteiger partial charge in [0.2, 0.25) is 0 Å². The van der Waals surface area contributed by atoms with Crippen LogP contribution in [0.15, 0.2) is 30.8 Å². The highest BCUT2D eigenvalue weighted by atomic mass is 16.7. The Hall–Kier alpha value is -2.18. The summed E-state index contributed by atoms with van der Waals surface area (Å²) in [7, 11) is 0. The fourth-order valence-corrected chi connectivity index (χ4v) is 2.36.